The molecule has 0 unspecified atom stereocenters. The zero-order chi connectivity index (χ0) is 19.1. The van der Waals surface area contributed by atoms with Gasteiger partial charge in [-0.3, -0.25) is 0 Å². The van der Waals surface area contributed by atoms with Crippen molar-refractivity contribution < 1.29 is 9.84 Å². The summed E-state index contributed by atoms with van der Waals surface area (Å²) in [6, 6.07) is 12.6. The number of aromatic nitrogens is 3. The lowest BCUT2D eigenvalue weighted by atomic mass is 9.93. The molecule has 3 aromatic heterocycles. The van der Waals surface area contributed by atoms with Crippen LogP contribution in [0.2, 0.25) is 0 Å². The van der Waals surface area contributed by atoms with Crippen LogP contribution < -0.4 is 10.1 Å². The highest BCUT2D eigenvalue weighted by molar-refractivity contribution is 7.22. The van der Waals surface area contributed by atoms with Gasteiger partial charge in [0.2, 0.25) is 0 Å². The molecule has 1 aliphatic carbocycles. The molecule has 6 nitrogen and oxygen atoms in total. The van der Waals surface area contributed by atoms with E-state index in [9.17, 15) is 5.11 Å². The standard InChI is InChI=1S/C21H22N4O2S/c1-27-16-6-7-18-13(10-16)11-19(28-18)17-12-22-21-9-8-20(24-25(17)21)23-14-2-4-15(26)5-3-14/h6-12,14-15,26H,2-5H2,1H3,(H,23,24)/t14-,15-. The van der Waals surface area contributed by atoms with Crippen LogP contribution in [0.3, 0.4) is 0 Å². The van der Waals surface area contributed by atoms with Crippen molar-refractivity contribution in [1.82, 2.24) is 14.6 Å². The van der Waals surface area contributed by atoms with Crippen LogP contribution in [0, 0.1) is 0 Å². The molecule has 1 aliphatic rings. The molecular formula is C21H22N4O2S. The monoisotopic (exact) mass is 394 g/mol. The molecule has 7 heteroatoms. The number of thiophene rings is 1. The minimum absolute atomic E-state index is 0.152. The van der Waals surface area contributed by atoms with E-state index in [1.807, 2.05) is 28.9 Å². The van der Waals surface area contributed by atoms with Crippen molar-refractivity contribution in [2.75, 3.05) is 12.4 Å². The number of aliphatic hydroxyl groups excluding tert-OH is 1. The summed E-state index contributed by atoms with van der Waals surface area (Å²) in [4.78, 5) is 5.64. The first-order valence-corrected chi connectivity index (χ1v) is 10.4. The average molecular weight is 395 g/mol. The lowest BCUT2D eigenvalue weighted by Gasteiger charge is -2.26. The molecule has 0 amide bonds. The van der Waals surface area contributed by atoms with Crippen molar-refractivity contribution in [1.29, 1.82) is 0 Å². The molecular weight excluding hydrogens is 372 g/mol. The predicted octanol–water partition coefficient (Wildman–Crippen LogP) is 4.34. The van der Waals surface area contributed by atoms with Gasteiger partial charge >= 0.3 is 0 Å². The van der Waals surface area contributed by atoms with Gasteiger partial charge in [-0.2, -0.15) is 0 Å². The lowest BCUT2D eigenvalue weighted by Crippen LogP contribution is -2.28. The van der Waals surface area contributed by atoms with Gasteiger partial charge in [-0.1, -0.05) is 0 Å². The summed E-state index contributed by atoms with van der Waals surface area (Å²) < 4.78 is 8.45. The highest BCUT2D eigenvalue weighted by atomic mass is 32.1. The van der Waals surface area contributed by atoms with Gasteiger partial charge < -0.3 is 15.2 Å². The first kappa shape index (κ1) is 17.5. The number of aliphatic hydroxyl groups is 1. The number of ether oxygens (including phenoxy) is 1. The highest BCUT2D eigenvalue weighted by Gasteiger charge is 2.20. The number of fused-ring (bicyclic) bond motifs is 2. The van der Waals surface area contributed by atoms with E-state index in [-0.39, 0.29) is 6.10 Å². The van der Waals surface area contributed by atoms with Crippen LogP contribution in [0.15, 0.2) is 42.6 Å². The van der Waals surface area contributed by atoms with E-state index in [4.69, 9.17) is 9.84 Å². The Balaban J connectivity index is 1.48. The number of rotatable bonds is 4. The third kappa shape index (κ3) is 3.21. The third-order valence-electron chi connectivity index (χ3n) is 5.39. The summed E-state index contributed by atoms with van der Waals surface area (Å²) in [5.74, 6) is 1.70. The van der Waals surface area contributed by atoms with Gasteiger partial charge in [0, 0.05) is 10.7 Å². The van der Waals surface area contributed by atoms with E-state index in [2.05, 4.69) is 28.5 Å². The molecule has 0 bridgehead atoms. The number of nitrogens with one attached hydrogen (secondary N) is 1. The van der Waals surface area contributed by atoms with Crippen molar-refractivity contribution in [3.8, 4) is 16.3 Å². The molecule has 0 atom stereocenters. The third-order valence-corrected chi connectivity index (χ3v) is 6.53. The van der Waals surface area contributed by atoms with E-state index in [0.717, 1.165) is 58.9 Å². The molecule has 1 saturated carbocycles. The maximum absolute atomic E-state index is 9.70. The van der Waals surface area contributed by atoms with Crippen LogP contribution in [0.1, 0.15) is 25.7 Å². The Morgan fingerprint density at radius 3 is 2.82 bits per heavy atom. The van der Waals surface area contributed by atoms with Crippen molar-refractivity contribution >= 4 is 32.9 Å². The summed E-state index contributed by atoms with van der Waals surface area (Å²) in [7, 11) is 1.68. The zero-order valence-corrected chi connectivity index (χ0v) is 16.4. The topological polar surface area (TPSA) is 71.7 Å². The molecule has 0 radical (unpaired) electrons. The first-order valence-electron chi connectivity index (χ1n) is 9.57. The number of benzene rings is 1. The van der Waals surface area contributed by atoms with Gasteiger partial charge in [0.05, 0.1) is 24.3 Å². The fourth-order valence-electron chi connectivity index (χ4n) is 3.82. The number of imidazole rings is 1. The SMILES string of the molecule is COc1ccc2sc(-c3cnc4ccc(N[C@H]5CC[C@H](O)CC5)nn34)cc2c1. The normalized spacial score (nSPS) is 19.9. The Hall–Kier alpha value is -2.64. The van der Waals surface area contributed by atoms with Crippen LogP contribution in [-0.4, -0.2) is 39.0 Å². The molecule has 28 heavy (non-hydrogen) atoms. The molecule has 2 N–H and O–H groups in total. The Morgan fingerprint density at radius 1 is 1.14 bits per heavy atom. The molecule has 0 spiro atoms. The van der Waals surface area contributed by atoms with E-state index in [1.54, 1.807) is 18.4 Å². The number of hydrogen-bond donors (Lipinski definition) is 2. The summed E-state index contributed by atoms with van der Waals surface area (Å²) in [5, 5.41) is 19.2. The van der Waals surface area contributed by atoms with Crippen LogP contribution in [0.4, 0.5) is 5.82 Å². The van der Waals surface area contributed by atoms with E-state index < -0.39 is 0 Å². The Morgan fingerprint density at radius 2 is 2.00 bits per heavy atom. The average Bonchev–Trinajstić information content (AvgIpc) is 3.32. The Kier molecular flexibility index (Phi) is 4.41. The molecule has 3 heterocycles. The van der Waals surface area contributed by atoms with Gasteiger partial charge in [0.1, 0.15) is 17.3 Å². The van der Waals surface area contributed by atoms with Crippen LogP contribution in [0.25, 0.3) is 26.3 Å². The highest BCUT2D eigenvalue weighted by Crippen LogP contribution is 2.35. The van der Waals surface area contributed by atoms with Gasteiger partial charge in [-0.15, -0.1) is 16.4 Å². The van der Waals surface area contributed by atoms with E-state index in [0.29, 0.717) is 6.04 Å². The maximum Gasteiger partial charge on any atom is 0.154 e. The second-order valence-electron chi connectivity index (χ2n) is 7.30. The number of nitrogens with zero attached hydrogens (tertiary/aromatic N) is 3. The summed E-state index contributed by atoms with van der Waals surface area (Å²) in [5.41, 5.74) is 1.81. The van der Waals surface area contributed by atoms with E-state index in [1.165, 1.54) is 4.70 Å². The molecule has 0 saturated heterocycles. The van der Waals surface area contributed by atoms with Crippen molar-refractivity contribution in [3.63, 3.8) is 0 Å². The van der Waals surface area contributed by atoms with Crippen LogP contribution >= 0.6 is 11.3 Å². The van der Waals surface area contributed by atoms with Crippen LogP contribution in [-0.2, 0) is 0 Å². The molecule has 1 fully saturated rings. The van der Waals surface area contributed by atoms with Crippen molar-refractivity contribution in [2.45, 2.75) is 37.8 Å². The predicted molar refractivity (Wildman–Crippen MR) is 112 cm³/mol. The van der Waals surface area contributed by atoms with E-state index >= 15 is 0 Å². The van der Waals surface area contributed by atoms with Crippen molar-refractivity contribution in [3.05, 3.63) is 42.6 Å². The van der Waals surface area contributed by atoms with Gasteiger partial charge in [0.15, 0.2) is 5.65 Å². The quantitative estimate of drug-likeness (QED) is 0.539. The second-order valence-corrected chi connectivity index (χ2v) is 8.38. The fraction of sp³-hybridized carbons (Fsp3) is 0.333. The van der Waals surface area contributed by atoms with Gasteiger partial charge in [-0.25, -0.2) is 9.50 Å². The zero-order valence-electron chi connectivity index (χ0n) is 15.6. The molecule has 0 aliphatic heterocycles. The maximum atomic E-state index is 9.70. The molecule has 5 rings (SSSR count). The molecule has 1 aromatic carbocycles. The van der Waals surface area contributed by atoms with Gasteiger partial charge in [0.25, 0.3) is 0 Å². The number of anilines is 1. The van der Waals surface area contributed by atoms with Crippen LogP contribution in [0.5, 0.6) is 5.75 Å². The first-order chi connectivity index (χ1) is 13.7. The van der Waals surface area contributed by atoms with Crippen molar-refractivity contribution in [2.24, 2.45) is 0 Å². The molecule has 4 aromatic rings. The minimum Gasteiger partial charge on any atom is -0.497 e. The van der Waals surface area contributed by atoms with Gasteiger partial charge in [-0.05, 0) is 67.5 Å². The molecule has 144 valence electrons. The fourth-order valence-corrected chi connectivity index (χ4v) is 4.86. The Labute approximate surface area is 166 Å². The summed E-state index contributed by atoms with van der Waals surface area (Å²) in [6.45, 7) is 0. The second kappa shape index (κ2) is 7.07. The smallest absolute Gasteiger partial charge is 0.154 e. The minimum atomic E-state index is -0.152. The number of hydrogen-bond acceptors (Lipinski definition) is 6. The largest absolute Gasteiger partial charge is 0.497 e. The summed E-state index contributed by atoms with van der Waals surface area (Å²) in [6.07, 6.45) is 5.36. The lowest BCUT2D eigenvalue weighted by molar-refractivity contribution is 0.126. The Bertz CT molecular complexity index is 1130. The summed E-state index contributed by atoms with van der Waals surface area (Å²) >= 11 is 1.73. The number of methoxy groups -OCH3 is 1.